The molecule has 2 rings (SSSR count). The van der Waals surface area contributed by atoms with Crippen LogP contribution in [0.4, 0.5) is 0 Å². The standard InChI is InChI=1S/C27H41O3PSSe/c1-5-6-7-8-9-20-30-23(2)32-31(33,21-18-24-10-14-26(28-3)15-11-24)22-19-25-12-16-27(29-4)17-13-25/h10-17,23H,5-9,18-22H2,1-4H3. The molecular weight excluding hydrogens is 514 g/mol. The number of methoxy groups -OCH3 is 2. The van der Waals surface area contributed by atoms with Crippen LogP contribution in [0.25, 0.3) is 0 Å². The second kappa shape index (κ2) is 16.1. The normalized spacial score (nSPS) is 12.5. The third kappa shape index (κ3) is 11.5. The molecule has 184 valence electrons. The number of ether oxygens (including phenoxy) is 3. The fraction of sp³-hybridized carbons (Fsp3) is 0.556. The van der Waals surface area contributed by atoms with Crippen molar-refractivity contribution in [1.29, 1.82) is 0 Å². The summed E-state index contributed by atoms with van der Waals surface area (Å²) in [4.78, 5) is 0. The first-order valence-electron chi connectivity index (χ1n) is 12.1. The molecule has 0 N–H and O–H groups in total. The van der Waals surface area contributed by atoms with Crippen molar-refractivity contribution < 1.29 is 14.2 Å². The fourth-order valence-corrected chi connectivity index (χ4v) is 12.4. The molecule has 6 heteroatoms. The predicted molar refractivity (Wildman–Crippen MR) is 148 cm³/mol. The second-order valence-electron chi connectivity index (χ2n) is 8.42. The minimum absolute atomic E-state index is 0.220. The average Bonchev–Trinajstić information content (AvgIpc) is 2.84. The van der Waals surface area contributed by atoms with Crippen LogP contribution in [0, 0.1) is 0 Å². The molecule has 0 spiro atoms. The van der Waals surface area contributed by atoms with Gasteiger partial charge in [0.05, 0.1) is 0 Å². The molecule has 0 bridgehead atoms. The molecule has 0 saturated carbocycles. The van der Waals surface area contributed by atoms with Crippen LogP contribution in [-0.4, -0.2) is 53.7 Å². The Hall–Kier alpha value is -0.701. The van der Waals surface area contributed by atoms with E-state index in [0.717, 1.165) is 30.9 Å². The van der Waals surface area contributed by atoms with Gasteiger partial charge in [-0.15, -0.1) is 0 Å². The van der Waals surface area contributed by atoms with Gasteiger partial charge in [0.25, 0.3) is 0 Å². The first-order chi connectivity index (χ1) is 16.0. The number of hydrogen-bond acceptors (Lipinski definition) is 4. The molecule has 0 aliphatic carbocycles. The van der Waals surface area contributed by atoms with Gasteiger partial charge in [0.15, 0.2) is 0 Å². The molecule has 33 heavy (non-hydrogen) atoms. The van der Waals surface area contributed by atoms with E-state index >= 15 is 0 Å². The summed E-state index contributed by atoms with van der Waals surface area (Å²) in [6.07, 6.45) is 10.9. The summed E-state index contributed by atoms with van der Waals surface area (Å²) in [5.74, 6) is 1.83. The van der Waals surface area contributed by atoms with Crippen molar-refractivity contribution in [2.24, 2.45) is 0 Å². The number of benzene rings is 2. The quantitative estimate of drug-likeness (QED) is 0.0871. The van der Waals surface area contributed by atoms with Crippen LogP contribution in [0.15, 0.2) is 48.5 Å². The zero-order valence-electron chi connectivity index (χ0n) is 20.8. The van der Waals surface area contributed by atoms with Crippen molar-refractivity contribution in [3.63, 3.8) is 0 Å². The molecule has 0 amide bonds. The molecular formula is C27H41O3PSSe. The molecule has 0 aliphatic heterocycles. The van der Waals surface area contributed by atoms with E-state index in [1.807, 2.05) is 0 Å². The summed E-state index contributed by atoms with van der Waals surface area (Å²) >= 11 is 5.72. The van der Waals surface area contributed by atoms with Gasteiger partial charge in [-0.1, -0.05) is 0 Å². The Morgan fingerprint density at radius 1 is 0.788 bits per heavy atom. The summed E-state index contributed by atoms with van der Waals surface area (Å²) in [5.41, 5.74) is 2.95. The SMILES string of the molecule is CCCCCCCOC(C)SP(=[Se])(CCc1ccc(OC)cc1)CCc1ccc(OC)cc1. The van der Waals surface area contributed by atoms with Crippen molar-refractivity contribution >= 4 is 31.2 Å². The Morgan fingerprint density at radius 2 is 1.27 bits per heavy atom. The van der Waals surface area contributed by atoms with Crippen molar-refractivity contribution in [3.05, 3.63) is 59.7 Å². The average molecular weight is 556 g/mol. The summed E-state index contributed by atoms with van der Waals surface area (Å²) in [5, 5.41) is 0. The zero-order chi connectivity index (χ0) is 23.9. The van der Waals surface area contributed by atoms with E-state index < -0.39 is 4.71 Å². The van der Waals surface area contributed by atoms with Gasteiger partial charge in [0.2, 0.25) is 0 Å². The number of rotatable bonds is 17. The number of unbranched alkanes of at least 4 members (excludes halogenated alkanes) is 4. The molecule has 2 aromatic carbocycles. The van der Waals surface area contributed by atoms with E-state index in [9.17, 15) is 0 Å². The molecule has 1 unspecified atom stereocenters. The zero-order valence-corrected chi connectivity index (χ0v) is 24.2. The Morgan fingerprint density at radius 3 is 1.73 bits per heavy atom. The van der Waals surface area contributed by atoms with E-state index in [0.29, 0.717) is 0 Å². The molecule has 0 saturated heterocycles. The molecule has 1 atom stereocenters. The van der Waals surface area contributed by atoms with Crippen LogP contribution in [0.2, 0.25) is 0 Å². The van der Waals surface area contributed by atoms with Crippen LogP contribution in [0.5, 0.6) is 11.5 Å². The molecule has 0 fully saturated rings. The first kappa shape index (κ1) is 28.5. The van der Waals surface area contributed by atoms with Crippen molar-refractivity contribution in [1.82, 2.24) is 0 Å². The minimum atomic E-state index is -1.36. The number of aryl methyl sites for hydroxylation is 2. The molecule has 3 nitrogen and oxygen atoms in total. The van der Waals surface area contributed by atoms with Gasteiger partial charge in [-0.05, 0) is 0 Å². The van der Waals surface area contributed by atoms with E-state index in [1.165, 1.54) is 55.6 Å². The monoisotopic (exact) mass is 556 g/mol. The topological polar surface area (TPSA) is 27.7 Å². The van der Waals surface area contributed by atoms with Gasteiger partial charge in [0, 0.05) is 0 Å². The van der Waals surface area contributed by atoms with Crippen molar-refractivity contribution in [2.75, 3.05) is 33.2 Å². The molecule has 0 aromatic heterocycles. The Kier molecular flexibility index (Phi) is 13.9. The van der Waals surface area contributed by atoms with Crippen molar-refractivity contribution in [3.8, 4) is 11.5 Å². The maximum atomic E-state index is 6.22. The third-order valence-corrected chi connectivity index (χ3v) is 15.4. The van der Waals surface area contributed by atoms with Crippen LogP contribution >= 0.6 is 16.1 Å². The van der Waals surface area contributed by atoms with Crippen LogP contribution in [0.1, 0.15) is 57.1 Å². The van der Waals surface area contributed by atoms with Gasteiger partial charge in [0.1, 0.15) is 0 Å². The summed E-state index contributed by atoms with van der Waals surface area (Å²) in [6.45, 7) is 5.35. The Labute approximate surface area is 213 Å². The van der Waals surface area contributed by atoms with Crippen LogP contribution in [0.3, 0.4) is 0 Å². The number of hydrogen-bond donors (Lipinski definition) is 0. The van der Waals surface area contributed by atoms with Gasteiger partial charge < -0.3 is 0 Å². The van der Waals surface area contributed by atoms with E-state index in [-0.39, 0.29) is 5.44 Å². The Balaban J connectivity index is 1.94. The first-order valence-corrected chi connectivity index (χ1v) is 18.0. The third-order valence-electron chi connectivity index (χ3n) is 5.74. The second-order valence-corrected chi connectivity index (χ2v) is 20.5. The van der Waals surface area contributed by atoms with Gasteiger partial charge >= 0.3 is 214 Å². The summed E-state index contributed by atoms with van der Waals surface area (Å²) < 4.78 is 15.5. The van der Waals surface area contributed by atoms with Gasteiger partial charge in [-0.25, -0.2) is 0 Å². The van der Waals surface area contributed by atoms with E-state index in [4.69, 9.17) is 14.2 Å². The maximum absolute atomic E-state index is 6.22. The molecule has 2 aromatic rings. The van der Waals surface area contributed by atoms with Gasteiger partial charge in [-0.2, -0.15) is 0 Å². The molecule has 0 heterocycles. The van der Waals surface area contributed by atoms with E-state index in [1.54, 1.807) is 14.2 Å². The summed E-state index contributed by atoms with van der Waals surface area (Å²) in [7, 11) is 3.43. The van der Waals surface area contributed by atoms with Crippen LogP contribution < -0.4 is 9.47 Å². The predicted octanol–water partition coefficient (Wildman–Crippen LogP) is 7.57. The summed E-state index contributed by atoms with van der Waals surface area (Å²) in [6, 6.07) is 17.0. The molecule has 0 aliphatic rings. The van der Waals surface area contributed by atoms with E-state index in [2.05, 4.69) is 88.9 Å². The van der Waals surface area contributed by atoms with Crippen molar-refractivity contribution in [2.45, 2.75) is 64.2 Å². The van der Waals surface area contributed by atoms with Gasteiger partial charge in [-0.3, -0.25) is 0 Å². The molecule has 0 radical (unpaired) electrons. The fourth-order valence-electron chi connectivity index (χ4n) is 3.66. The van der Waals surface area contributed by atoms with Crippen LogP contribution in [-0.2, 0) is 17.6 Å². The Bertz CT molecular complexity index is 771.